The molecule has 1 unspecified atom stereocenters. The van der Waals surface area contributed by atoms with Gasteiger partial charge in [0.25, 0.3) is 0 Å². The maximum Gasteiger partial charge on any atom is 0.186 e. The van der Waals surface area contributed by atoms with Gasteiger partial charge >= 0.3 is 0 Å². The number of hydrogen-bond acceptors (Lipinski definition) is 5. The van der Waals surface area contributed by atoms with Crippen molar-refractivity contribution in [1.82, 2.24) is 0 Å². The van der Waals surface area contributed by atoms with Crippen LogP contribution in [-0.4, -0.2) is 52.6 Å². The van der Waals surface area contributed by atoms with Crippen LogP contribution in [0.15, 0.2) is 0 Å². The summed E-state index contributed by atoms with van der Waals surface area (Å²) in [6.45, 7) is 0.236. The van der Waals surface area contributed by atoms with Gasteiger partial charge in [0.15, 0.2) is 6.29 Å². The van der Waals surface area contributed by atoms with Crippen molar-refractivity contribution in [2.45, 2.75) is 30.7 Å². The Kier molecular flexibility index (Phi) is 1.62. The lowest BCUT2D eigenvalue weighted by Gasteiger charge is -2.32. The summed E-state index contributed by atoms with van der Waals surface area (Å²) in [4.78, 5) is 0. The fourth-order valence-electron chi connectivity index (χ4n) is 1.38. The quantitative estimate of drug-likeness (QED) is 0.377. The molecule has 0 saturated carbocycles. The second-order valence-electron chi connectivity index (χ2n) is 2.85. The summed E-state index contributed by atoms with van der Waals surface area (Å²) >= 11 is 0. The zero-order valence-corrected chi connectivity index (χ0v) is 5.75. The molecule has 0 aromatic carbocycles. The van der Waals surface area contributed by atoms with E-state index in [1.807, 2.05) is 0 Å². The Labute approximate surface area is 63.2 Å². The maximum atomic E-state index is 9.22. The second-order valence-corrected chi connectivity index (χ2v) is 2.85. The van der Waals surface area contributed by atoms with Crippen LogP contribution >= 0.6 is 0 Å². The summed E-state index contributed by atoms with van der Waals surface area (Å²) in [6, 6.07) is 0. The molecule has 64 valence electrons. The summed E-state index contributed by atoms with van der Waals surface area (Å²) in [5.41, 5.74) is 0. The van der Waals surface area contributed by atoms with Crippen LogP contribution in [-0.2, 0) is 9.47 Å². The van der Waals surface area contributed by atoms with Crippen molar-refractivity contribution < 1.29 is 24.8 Å². The Balaban J connectivity index is 2.16. The summed E-state index contributed by atoms with van der Waals surface area (Å²) in [7, 11) is 0. The van der Waals surface area contributed by atoms with Gasteiger partial charge in [-0.15, -0.1) is 0 Å². The summed E-state index contributed by atoms with van der Waals surface area (Å²) in [5.74, 6) is 0. The molecule has 0 spiro atoms. The van der Waals surface area contributed by atoms with Crippen molar-refractivity contribution >= 4 is 0 Å². The molecule has 2 saturated heterocycles. The molecule has 0 aromatic rings. The zero-order chi connectivity index (χ0) is 8.01. The van der Waals surface area contributed by atoms with E-state index in [9.17, 15) is 10.2 Å². The van der Waals surface area contributed by atoms with E-state index in [2.05, 4.69) is 0 Å². The van der Waals surface area contributed by atoms with Gasteiger partial charge in [0.1, 0.15) is 24.4 Å². The normalized spacial score (nSPS) is 56.5. The summed E-state index contributed by atoms with van der Waals surface area (Å²) < 4.78 is 9.95. The Morgan fingerprint density at radius 3 is 2.45 bits per heavy atom. The van der Waals surface area contributed by atoms with E-state index in [1.54, 1.807) is 0 Å². The predicted molar refractivity (Wildman–Crippen MR) is 32.6 cm³/mol. The van der Waals surface area contributed by atoms with Crippen molar-refractivity contribution in [2.24, 2.45) is 0 Å². The van der Waals surface area contributed by atoms with Gasteiger partial charge in [-0.25, -0.2) is 0 Å². The lowest BCUT2D eigenvalue weighted by Crippen LogP contribution is -2.53. The number of aliphatic hydroxyl groups excluding tert-OH is 3. The van der Waals surface area contributed by atoms with Gasteiger partial charge in [0, 0.05) is 0 Å². The van der Waals surface area contributed by atoms with E-state index in [0.29, 0.717) is 0 Å². The van der Waals surface area contributed by atoms with Crippen LogP contribution in [0.2, 0.25) is 0 Å². The second kappa shape index (κ2) is 2.40. The first kappa shape index (κ1) is 7.45. The summed E-state index contributed by atoms with van der Waals surface area (Å²) in [5, 5.41) is 27.6. The lowest BCUT2D eigenvalue weighted by atomic mass is 10.0. The van der Waals surface area contributed by atoms with E-state index >= 15 is 0 Å². The summed E-state index contributed by atoms with van der Waals surface area (Å²) in [6.07, 6.45) is -4.58. The van der Waals surface area contributed by atoms with Crippen LogP contribution in [0.1, 0.15) is 0 Å². The molecule has 0 radical (unpaired) electrons. The van der Waals surface area contributed by atoms with Crippen LogP contribution in [0, 0.1) is 0 Å². The number of ether oxygens (including phenoxy) is 2. The SMILES string of the molecule is O[C@@H]1[C@H](O)[C@@H](O)C2OC[C@H]1O2. The Hall–Kier alpha value is -0.200. The molecule has 2 fully saturated rings. The van der Waals surface area contributed by atoms with Crippen LogP contribution < -0.4 is 0 Å². The maximum absolute atomic E-state index is 9.22. The van der Waals surface area contributed by atoms with Crippen molar-refractivity contribution in [3.63, 3.8) is 0 Å². The van der Waals surface area contributed by atoms with Crippen molar-refractivity contribution in [2.75, 3.05) is 6.61 Å². The average molecular weight is 162 g/mol. The molecule has 0 amide bonds. The number of fused-ring (bicyclic) bond motifs is 2. The largest absolute Gasteiger partial charge is 0.387 e. The number of rotatable bonds is 0. The standard InChI is InChI=1S/C6H10O5/c7-3-2-1-10-6(11-2)5(9)4(3)8/h2-9H,1H2/t2-,3+,4+,5-,6?/m1/s1. The van der Waals surface area contributed by atoms with Crippen molar-refractivity contribution in [3.05, 3.63) is 0 Å². The van der Waals surface area contributed by atoms with Gasteiger partial charge in [0.05, 0.1) is 6.61 Å². The third-order valence-electron chi connectivity index (χ3n) is 2.09. The minimum Gasteiger partial charge on any atom is -0.387 e. The number of aliphatic hydroxyl groups is 3. The van der Waals surface area contributed by atoms with E-state index < -0.39 is 30.7 Å². The van der Waals surface area contributed by atoms with Gasteiger partial charge in [0.2, 0.25) is 0 Å². The molecule has 5 atom stereocenters. The molecule has 3 N–H and O–H groups in total. The molecular weight excluding hydrogens is 152 g/mol. The molecule has 2 bridgehead atoms. The molecule has 2 rings (SSSR count). The Morgan fingerprint density at radius 2 is 1.73 bits per heavy atom. The third-order valence-corrected chi connectivity index (χ3v) is 2.09. The average Bonchev–Trinajstić information content (AvgIpc) is 2.44. The lowest BCUT2D eigenvalue weighted by molar-refractivity contribution is -0.228. The van der Waals surface area contributed by atoms with E-state index in [1.165, 1.54) is 0 Å². The molecule has 0 aromatic heterocycles. The van der Waals surface area contributed by atoms with Gasteiger partial charge in [-0.1, -0.05) is 0 Å². The molecule has 11 heavy (non-hydrogen) atoms. The van der Waals surface area contributed by atoms with Gasteiger partial charge in [-0.05, 0) is 0 Å². The molecule has 2 aliphatic heterocycles. The topological polar surface area (TPSA) is 79.2 Å². The van der Waals surface area contributed by atoms with Crippen LogP contribution in [0.4, 0.5) is 0 Å². The number of hydrogen-bond donors (Lipinski definition) is 3. The molecule has 5 nitrogen and oxygen atoms in total. The van der Waals surface area contributed by atoms with E-state index in [0.717, 1.165) is 0 Å². The Morgan fingerprint density at radius 1 is 1.00 bits per heavy atom. The van der Waals surface area contributed by atoms with Crippen molar-refractivity contribution in [1.29, 1.82) is 0 Å². The first-order valence-electron chi connectivity index (χ1n) is 3.51. The highest BCUT2D eigenvalue weighted by molar-refractivity contribution is 4.92. The molecular formula is C6H10O5. The third kappa shape index (κ3) is 0.969. The van der Waals surface area contributed by atoms with Crippen molar-refractivity contribution in [3.8, 4) is 0 Å². The van der Waals surface area contributed by atoms with Crippen LogP contribution in [0.25, 0.3) is 0 Å². The first-order valence-corrected chi connectivity index (χ1v) is 3.51. The predicted octanol–water partition coefficient (Wildman–Crippen LogP) is -2.18. The van der Waals surface area contributed by atoms with E-state index in [4.69, 9.17) is 14.6 Å². The minimum atomic E-state index is -1.15. The highest BCUT2D eigenvalue weighted by Crippen LogP contribution is 2.27. The van der Waals surface area contributed by atoms with Gasteiger partial charge in [-0.2, -0.15) is 0 Å². The highest BCUT2D eigenvalue weighted by Gasteiger charge is 2.48. The molecule has 2 aliphatic rings. The fraction of sp³-hybridized carbons (Fsp3) is 1.00. The zero-order valence-electron chi connectivity index (χ0n) is 5.75. The monoisotopic (exact) mass is 162 g/mol. The molecule has 2 heterocycles. The van der Waals surface area contributed by atoms with Gasteiger partial charge < -0.3 is 24.8 Å². The minimum absolute atomic E-state index is 0.236. The van der Waals surface area contributed by atoms with Gasteiger partial charge in [-0.3, -0.25) is 0 Å². The molecule has 0 aliphatic carbocycles. The highest BCUT2D eigenvalue weighted by atomic mass is 16.7. The van der Waals surface area contributed by atoms with Crippen LogP contribution in [0.3, 0.4) is 0 Å². The smallest absolute Gasteiger partial charge is 0.186 e. The Bertz CT molecular complexity index is 141. The van der Waals surface area contributed by atoms with E-state index in [-0.39, 0.29) is 6.61 Å². The first-order chi connectivity index (χ1) is 5.20. The molecule has 5 heteroatoms. The fourth-order valence-corrected chi connectivity index (χ4v) is 1.38. The van der Waals surface area contributed by atoms with Crippen LogP contribution in [0.5, 0.6) is 0 Å².